The van der Waals surface area contributed by atoms with Gasteiger partial charge in [0.05, 0.1) is 17.2 Å². The Balaban J connectivity index is 0.00000176. The van der Waals surface area contributed by atoms with Crippen LogP contribution < -0.4 is 11.1 Å². The highest BCUT2D eigenvalue weighted by Crippen LogP contribution is 2.35. The number of methoxy groups -OCH3 is 1. The first-order chi connectivity index (χ1) is 17.2. The third kappa shape index (κ3) is 6.74. The lowest BCUT2D eigenvalue weighted by molar-refractivity contribution is -0.141. The fourth-order valence-corrected chi connectivity index (χ4v) is 4.56. The number of fused-ring (bicyclic) bond motifs is 1. The van der Waals surface area contributed by atoms with Gasteiger partial charge in [0.2, 0.25) is 5.95 Å². The summed E-state index contributed by atoms with van der Waals surface area (Å²) in [7, 11) is 3.09. The van der Waals surface area contributed by atoms with Crippen LogP contribution in [-0.4, -0.2) is 35.7 Å². The molecule has 0 radical (unpaired) electrons. The topological polar surface area (TPSA) is 86.0 Å². The van der Waals surface area contributed by atoms with Crippen molar-refractivity contribution < 1.29 is 22.3 Å². The van der Waals surface area contributed by atoms with Crippen LogP contribution in [0.4, 0.5) is 22.7 Å². The summed E-state index contributed by atoms with van der Waals surface area (Å²) in [4.78, 5) is 12.8. The normalized spacial score (nSPS) is 12.2. The molecule has 192 valence electrons. The second kappa shape index (κ2) is 12.2. The average Bonchev–Trinajstić information content (AvgIpc) is 3.27. The summed E-state index contributed by atoms with van der Waals surface area (Å²) in [5.74, 6) is -0.519. The van der Waals surface area contributed by atoms with E-state index in [4.69, 9.17) is 4.74 Å². The molecule has 0 aliphatic rings. The molecule has 3 N–H and O–H groups in total. The lowest BCUT2D eigenvalue weighted by atomic mass is 9.99. The van der Waals surface area contributed by atoms with Crippen molar-refractivity contribution in [1.82, 2.24) is 15.0 Å². The molecule has 3 aromatic heterocycles. The largest absolute Gasteiger partial charge is 0.433 e. The molecule has 0 aliphatic heterocycles. The highest BCUT2D eigenvalue weighted by Gasteiger charge is 2.32. The van der Waals surface area contributed by atoms with Gasteiger partial charge in [0, 0.05) is 37.5 Å². The monoisotopic (exact) mass is 521 g/mol. The number of pyridine rings is 2. The maximum absolute atomic E-state index is 13.6. The average molecular weight is 522 g/mol. The zero-order valence-corrected chi connectivity index (χ0v) is 20.9. The summed E-state index contributed by atoms with van der Waals surface area (Å²) >= 11 is 1.47. The Morgan fingerprint density at radius 2 is 1.83 bits per heavy atom. The zero-order valence-electron chi connectivity index (χ0n) is 20.1. The molecule has 1 atom stereocenters. The van der Waals surface area contributed by atoms with Crippen molar-refractivity contribution >= 4 is 27.2 Å². The third-order valence-corrected chi connectivity index (χ3v) is 6.53. The predicted octanol–water partition coefficient (Wildman–Crippen LogP) is 6.24. The number of halogens is 4. The minimum Gasteiger partial charge on any atom is -0.378 e. The second-order valence-corrected chi connectivity index (χ2v) is 8.89. The van der Waals surface area contributed by atoms with Crippen molar-refractivity contribution in [3.05, 3.63) is 71.7 Å². The van der Waals surface area contributed by atoms with Gasteiger partial charge in [0.25, 0.3) is 0 Å². The number of hydrogen-bond donors (Lipinski definition) is 2. The van der Waals surface area contributed by atoms with Crippen molar-refractivity contribution in [2.24, 2.45) is 5.73 Å². The Bertz CT molecular complexity index is 1280. The molecule has 0 bridgehead atoms. The molecule has 1 aromatic carbocycles. The van der Waals surface area contributed by atoms with Crippen molar-refractivity contribution in [2.45, 2.75) is 32.0 Å². The summed E-state index contributed by atoms with van der Waals surface area (Å²) < 4.78 is 57.0. The van der Waals surface area contributed by atoms with Gasteiger partial charge in [-0.05, 0) is 48.0 Å². The van der Waals surface area contributed by atoms with E-state index in [1.54, 1.807) is 7.11 Å². The van der Waals surface area contributed by atoms with Gasteiger partial charge in [-0.1, -0.05) is 36.5 Å². The van der Waals surface area contributed by atoms with E-state index >= 15 is 0 Å². The van der Waals surface area contributed by atoms with Gasteiger partial charge in [-0.2, -0.15) is 17.6 Å². The quantitative estimate of drug-likeness (QED) is 0.211. The minimum atomic E-state index is -4.44. The summed E-state index contributed by atoms with van der Waals surface area (Å²) in [5.41, 5.74) is 6.02. The summed E-state index contributed by atoms with van der Waals surface area (Å²) in [6.07, 6.45) is -0.979. The molecule has 0 unspecified atom stereocenters. The molecule has 6 nitrogen and oxygen atoms in total. The number of ether oxygens (including phenoxy) is 1. The first kappa shape index (κ1) is 27.4. The third-order valence-electron chi connectivity index (χ3n) is 5.43. The number of nitrogens with two attached hydrogens (primary N) is 1. The first-order valence-corrected chi connectivity index (χ1v) is 12.0. The number of aromatic nitrogens is 3. The zero-order chi connectivity index (χ0) is 26.3. The Kier molecular flexibility index (Phi) is 9.30. The van der Waals surface area contributed by atoms with Gasteiger partial charge in [-0.15, -0.1) is 0 Å². The van der Waals surface area contributed by atoms with Gasteiger partial charge in [0.1, 0.15) is 5.69 Å². The van der Waals surface area contributed by atoms with E-state index in [2.05, 4.69) is 26.0 Å². The van der Waals surface area contributed by atoms with Crippen LogP contribution in [0.1, 0.15) is 36.2 Å². The van der Waals surface area contributed by atoms with Crippen molar-refractivity contribution in [1.29, 1.82) is 0 Å². The lowest BCUT2D eigenvalue weighted by Crippen LogP contribution is -2.09. The molecule has 36 heavy (non-hydrogen) atoms. The van der Waals surface area contributed by atoms with Crippen LogP contribution in [0.15, 0.2) is 48.8 Å². The molecule has 0 fully saturated rings. The van der Waals surface area contributed by atoms with Crippen molar-refractivity contribution in [2.75, 3.05) is 26.0 Å². The number of nitrogens with one attached hydrogen (secondary N) is 1. The maximum Gasteiger partial charge on any atom is 0.433 e. The second-order valence-electron chi connectivity index (χ2n) is 7.89. The van der Waals surface area contributed by atoms with Crippen LogP contribution in [0.2, 0.25) is 0 Å². The van der Waals surface area contributed by atoms with Crippen LogP contribution >= 0.6 is 11.3 Å². The van der Waals surface area contributed by atoms with Gasteiger partial charge >= 0.3 is 6.18 Å². The van der Waals surface area contributed by atoms with E-state index < -0.39 is 17.8 Å². The molecule has 3 heterocycles. The molecule has 4 aromatic rings. The van der Waals surface area contributed by atoms with Gasteiger partial charge in [-0.25, -0.2) is 9.97 Å². The van der Waals surface area contributed by atoms with Crippen LogP contribution in [0.3, 0.4) is 0 Å². The number of rotatable bonds is 8. The van der Waals surface area contributed by atoms with Gasteiger partial charge < -0.3 is 15.8 Å². The number of benzene rings is 1. The van der Waals surface area contributed by atoms with E-state index in [-0.39, 0.29) is 5.92 Å². The Labute approximate surface area is 210 Å². The van der Waals surface area contributed by atoms with Crippen LogP contribution in [0, 0.1) is 5.95 Å². The molecule has 0 amide bonds. The van der Waals surface area contributed by atoms with Crippen molar-refractivity contribution in [3.63, 3.8) is 0 Å². The smallest absolute Gasteiger partial charge is 0.378 e. The van der Waals surface area contributed by atoms with Crippen molar-refractivity contribution in [3.8, 4) is 10.4 Å². The number of anilines is 1. The van der Waals surface area contributed by atoms with E-state index in [9.17, 15) is 17.6 Å². The van der Waals surface area contributed by atoms with E-state index in [1.807, 2.05) is 25.1 Å². The van der Waals surface area contributed by atoms with Crippen LogP contribution in [0.5, 0.6) is 0 Å². The molecule has 0 spiro atoms. The Morgan fingerprint density at radius 3 is 2.50 bits per heavy atom. The molecule has 4 rings (SSSR count). The fraction of sp³-hybridized carbons (Fsp3) is 0.320. The molecule has 0 saturated heterocycles. The Morgan fingerprint density at radius 1 is 1.06 bits per heavy atom. The standard InChI is InChI=1S/C24H22F4N4OS.CH5N/c1-14(16-5-6-20(30-11-16)24(26,27)28)7-8-29-23-32-19(13-33-2)22(34-23)15-3-4-17-12-31-21(25)10-18(17)9-15;1-2/h3-6,9-12,14H,7-8,13H2,1-2H3,(H,29,32);2H2,1H3/t14-;/m1./s1. The summed E-state index contributed by atoms with van der Waals surface area (Å²) in [6.45, 7) is 2.85. The fourth-order valence-electron chi connectivity index (χ4n) is 3.57. The first-order valence-electron chi connectivity index (χ1n) is 11.1. The number of alkyl halides is 3. The van der Waals surface area contributed by atoms with Gasteiger partial charge in [-0.3, -0.25) is 4.98 Å². The molecular formula is C25H27F4N5OS. The van der Waals surface area contributed by atoms with Gasteiger partial charge in [0.15, 0.2) is 5.13 Å². The van der Waals surface area contributed by atoms with Crippen LogP contribution in [0.25, 0.3) is 21.2 Å². The minimum absolute atomic E-state index is 0.0177. The predicted molar refractivity (Wildman–Crippen MR) is 134 cm³/mol. The molecular weight excluding hydrogens is 494 g/mol. The van der Waals surface area contributed by atoms with E-state index in [0.29, 0.717) is 24.7 Å². The highest BCUT2D eigenvalue weighted by molar-refractivity contribution is 7.19. The number of thiazole rings is 1. The lowest BCUT2D eigenvalue weighted by Gasteiger charge is -2.13. The molecule has 11 heteroatoms. The SMILES string of the molecule is CN.COCc1nc(NCC[C@@H](C)c2ccc(C(F)(F)F)nc2)sc1-c1ccc2cnc(F)cc2c1. The van der Waals surface area contributed by atoms with Crippen LogP contribution in [-0.2, 0) is 17.5 Å². The molecule has 0 saturated carbocycles. The number of hydrogen-bond acceptors (Lipinski definition) is 7. The Hall–Kier alpha value is -3.15. The number of nitrogens with zero attached hydrogens (tertiary/aromatic N) is 3. The van der Waals surface area contributed by atoms with E-state index in [0.717, 1.165) is 38.5 Å². The van der Waals surface area contributed by atoms with E-state index in [1.165, 1.54) is 42.9 Å². The molecule has 0 aliphatic carbocycles. The maximum atomic E-state index is 13.6. The highest BCUT2D eigenvalue weighted by atomic mass is 32.1. The summed E-state index contributed by atoms with van der Waals surface area (Å²) in [6, 6.07) is 9.60. The summed E-state index contributed by atoms with van der Waals surface area (Å²) in [5, 5.41) is 5.59.